The van der Waals surface area contributed by atoms with Crippen LogP contribution in [-0.4, -0.2) is 63.0 Å². The van der Waals surface area contributed by atoms with E-state index in [-0.39, 0.29) is 23.0 Å². The second-order valence-electron chi connectivity index (χ2n) is 5.53. The third-order valence-corrected chi connectivity index (χ3v) is 7.75. The Morgan fingerprint density at radius 1 is 1.39 bits per heavy atom. The molecule has 2 atom stereocenters. The van der Waals surface area contributed by atoms with Crippen molar-refractivity contribution in [2.45, 2.75) is 24.0 Å². The van der Waals surface area contributed by atoms with Gasteiger partial charge in [-0.25, -0.2) is 16.8 Å². The zero-order valence-electron chi connectivity index (χ0n) is 12.5. The number of hydrogen-bond acceptors (Lipinski definition) is 6. The van der Waals surface area contributed by atoms with E-state index in [2.05, 4.69) is 0 Å². The Balaban J connectivity index is 2.50. The molecule has 0 amide bonds. The molecule has 1 fully saturated rings. The van der Waals surface area contributed by atoms with Gasteiger partial charge in [-0.05, 0) is 24.6 Å². The second-order valence-corrected chi connectivity index (χ2v) is 9.98. The zero-order chi connectivity index (χ0) is 17.4. The van der Waals surface area contributed by atoms with E-state index < -0.39 is 43.5 Å². The minimum Gasteiger partial charge on any atom is -0.390 e. The summed E-state index contributed by atoms with van der Waals surface area (Å²) < 4.78 is 50.3. The molecule has 0 spiro atoms. The highest BCUT2D eigenvalue weighted by Gasteiger charge is 2.44. The summed E-state index contributed by atoms with van der Waals surface area (Å²) in [6, 6.07) is 3.40. The molecule has 3 N–H and O–H groups in total. The van der Waals surface area contributed by atoms with Crippen molar-refractivity contribution in [1.82, 2.24) is 4.31 Å². The van der Waals surface area contributed by atoms with Gasteiger partial charge in [0.05, 0.1) is 28.5 Å². The number of aliphatic hydroxyl groups excluding tert-OH is 1. The zero-order valence-corrected chi connectivity index (χ0v) is 14.9. The lowest BCUT2D eigenvalue weighted by atomic mass is 10.2. The fraction of sp³-hybridized carbons (Fsp3) is 0.538. The molecule has 23 heavy (non-hydrogen) atoms. The van der Waals surface area contributed by atoms with Gasteiger partial charge in [0.15, 0.2) is 9.84 Å². The van der Waals surface area contributed by atoms with E-state index in [1.165, 1.54) is 6.07 Å². The summed E-state index contributed by atoms with van der Waals surface area (Å²) in [5.41, 5.74) is 5.97. The molecule has 1 aliphatic heterocycles. The SMILES string of the molecule is Cc1ccc(Cl)cc1S(=O)(=O)N(CCN)[C@@H]1CS(=O)(=O)C[C@@H]1O. The van der Waals surface area contributed by atoms with Crippen molar-refractivity contribution in [1.29, 1.82) is 0 Å². The van der Waals surface area contributed by atoms with Gasteiger partial charge in [0.2, 0.25) is 10.0 Å². The molecule has 10 heteroatoms. The van der Waals surface area contributed by atoms with E-state index in [0.717, 1.165) is 4.31 Å². The molecule has 7 nitrogen and oxygen atoms in total. The fourth-order valence-corrected chi connectivity index (χ4v) is 6.71. The number of sulfonamides is 1. The Morgan fingerprint density at radius 3 is 2.57 bits per heavy atom. The Morgan fingerprint density at radius 2 is 2.04 bits per heavy atom. The number of nitrogens with two attached hydrogens (primary N) is 1. The number of rotatable bonds is 5. The molecule has 0 saturated carbocycles. The number of sulfone groups is 1. The number of nitrogens with zero attached hydrogens (tertiary/aromatic N) is 1. The van der Waals surface area contributed by atoms with Gasteiger partial charge >= 0.3 is 0 Å². The molecule has 0 unspecified atom stereocenters. The van der Waals surface area contributed by atoms with Crippen LogP contribution in [0.4, 0.5) is 0 Å². The first-order valence-corrected chi connectivity index (χ1v) is 10.6. The van der Waals surface area contributed by atoms with E-state index in [9.17, 15) is 21.9 Å². The maximum absolute atomic E-state index is 12.9. The molecule has 1 aromatic rings. The van der Waals surface area contributed by atoms with Crippen molar-refractivity contribution in [2.75, 3.05) is 24.6 Å². The lowest BCUT2D eigenvalue weighted by Crippen LogP contribution is -2.48. The molecule has 1 heterocycles. The topological polar surface area (TPSA) is 118 Å². The molecule has 0 radical (unpaired) electrons. The third kappa shape index (κ3) is 3.86. The maximum Gasteiger partial charge on any atom is 0.243 e. The van der Waals surface area contributed by atoms with Gasteiger partial charge in [-0.15, -0.1) is 0 Å². The van der Waals surface area contributed by atoms with E-state index in [0.29, 0.717) is 5.56 Å². The normalized spacial score (nSPS) is 24.2. The van der Waals surface area contributed by atoms with Crippen molar-refractivity contribution < 1.29 is 21.9 Å². The minimum atomic E-state index is -4.04. The molecule has 1 saturated heterocycles. The summed E-state index contributed by atoms with van der Waals surface area (Å²) in [4.78, 5) is -0.0186. The van der Waals surface area contributed by atoms with Crippen molar-refractivity contribution in [2.24, 2.45) is 5.73 Å². The van der Waals surface area contributed by atoms with Crippen LogP contribution < -0.4 is 5.73 Å². The molecular weight excluding hydrogens is 364 g/mol. The Labute approximate surface area is 141 Å². The first-order valence-electron chi connectivity index (χ1n) is 6.95. The van der Waals surface area contributed by atoms with Crippen molar-refractivity contribution in [3.63, 3.8) is 0 Å². The van der Waals surface area contributed by atoms with Crippen molar-refractivity contribution in [3.8, 4) is 0 Å². The summed E-state index contributed by atoms with van der Waals surface area (Å²) in [5, 5.41) is 10.3. The van der Waals surface area contributed by atoms with Crippen LogP contribution in [-0.2, 0) is 19.9 Å². The van der Waals surface area contributed by atoms with Gasteiger partial charge < -0.3 is 10.8 Å². The molecule has 0 aliphatic carbocycles. The highest BCUT2D eigenvalue weighted by atomic mass is 35.5. The molecule has 0 aromatic heterocycles. The Hall–Kier alpha value is -0.710. The lowest BCUT2D eigenvalue weighted by Gasteiger charge is -2.29. The van der Waals surface area contributed by atoms with Gasteiger partial charge in [0.1, 0.15) is 0 Å². The van der Waals surface area contributed by atoms with Gasteiger partial charge in [0, 0.05) is 18.1 Å². The fourth-order valence-electron chi connectivity index (χ4n) is 2.66. The average Bonchev–Trinajstić information content (AvgIpc) is 2.71. The summed E-state index contributed by atoms with van der Waals surface area (Å²) >= 11 is 5.89. The van der Waals surface area contributed by atoms with E-state index in [1.54, 1.807) is 19.1 Å². The monoisotopic (exact) mass is 382 g/mol. The molecule has 130 valence electrons. The van der Waals surface area contributed by atoms with Gasteiger partial charge in [-0.1, -0.05) is 17.7 Å². The highest BCUT2D eigenvalue weighted by Crippen LogP contribution is 2.28. The molecule has 2 rings (SSSR count). The average molecular weight is 383 g/mol. The number of hydrogen-bond donors (Lipinski definition) is 2. The predicted octanol–water partition coefficient (Wildman–Crippen LogP) is -0.244. The molecular formula is C13H19ClN2O5S2. The highest BCUT2D eigenvalue weighted by molar-refractivity contribution is 7.92. The van der Waals surface area contributed by atoms with Crippen LogP contribution >= 0.6 is 11.6 Å². The largest absolute Gasteiger partial charge is 0.390 e. The summed E-state index contributed by atoms with van der Waals surface area (Å²) in [6.07, 6.45) is -1.28. The van der Waals surface area contributed by atoms with Crippen LogP contribution in [0, 0.1) is 6.92 Å². The summed E-state index contributed by atoms with van der Waals surface area (Å²) in [6.45, 7) is 1.53. The molecule has 1 aliphatic rings. The quantitative estimate of drug-likeness (QED) is 0.725. The summed E-state index contributed by atoms with van der Waals surface area (Å²) in [5.74, 6) is -0.879. The Kier molecular flexibility index (Phi) is 5.39. The van der Waals surface area contributed by atoms with Crippen LogP contribution in [0.1, 0.15) is 5.56 Å². The minimum absolute atomic E-state index is 0.00209. The Bertz CT molecular complexity index is 795. The van der Waals surface area contributed by atoms with Gasteiger partial charge in [0.25, 0.3) is 0 Å². The summed E-state index contributed by atoms with van der Waals surface area (Å²) in [7, 11) is -7.53. The molecule has 0 bridgehead atoms. The van der Waals surface area contributed by atoms with Crippen LogP contribution in [0.5, 0.6) is 0 Å². The number of aliphatic hydroxyl groups is 1. The molecule has 1 aromatic carbocycles. The van der Waals surface area contributed by atoms with Crippen LogP contribution in [0.3, 0.4) is 0 Å². The van der Waals surface area contributed by atoms with E-state index in [1.807, 2.05) is 0 Å². The van der Waals surface area contributed by atoms with Crippen LogP contribution in [0.2, 0.25) is 5.02 Å². The standard InChI is InChI=1S/C13H19ClN2O5S2/c1-9-2-3-10(14)6-13(9)23(20,21)16(5-4-15)11-7-22(18,19)8-12(11)17/h2-3,6,11-12,17H,4-5,7-8,15H2,1H3/t11-,12+/m1/s1. The number of aryl methyl sites for hydroxylation is 1. The maximum atomic E-state index is 12.9. The van der Waals surface area contributed by atoms with Crippen molar-refractivity contribution >= 4 is 31.5 Å². The van der Waals surface area contributed by atoms with E-state index in [4.69, 9.17) is 17.3 Å². The number of halogens is 1. The van der Waals surface area contributed by atoms with Crippen molar-refractivity contribution in [3.05, 3.63) is 28.8 Å². The first kappa shape index (κ1) is 18.6. The van der Waals surface area contributed by atoms with Crippen LogP contribution in [0.15, 0.2) is 23.1 Å². The second kappa shape index (κ2) is 6.66. The third-order valence-electron chi connectivity index (χ3n) is 3.75. The smallest absolute Gasteiger partial charge is 0.243 e. The predicted molar refractivity (Wildman–Crippen MR) is 87.6 cm³/mol. The first-order chi connectivity index (χ1) is 10.6. The number of benzene rings is 1. The van der Waals surface area contributed by atoms with Crippen LogP contribution in [0.25, 0.3) is 0 Å². The van der Waals surface area contributed by atoms with Gasteiger partial charge in [-0.2, -0.15) is 4.31 Å². The van der Waals surface area contributed by atoms with Gasteiger partial charge in [-0.3, -0.25) is 0 Å². The lowest BCUT2D eigenvalue weighted by molar-refractivity contribution is 0.129. The van der Waals surface area contributed by atoms with E-state index >= 15 is 0 Å².